The van der Waals surface area contributed by atoms with Gasteiger partial charge in [0.05, 0.1) is 21.8 Å². The first-order valence-corrected chi connectivity index (χ1v) is 12.4. The molecule has 0 unspecified atom stereocenters. The van der Waals surface area contributed by atoms with Crippen molar-refractivity contribution in [3.05, 3.63) is 80.7 Å². The molecule has 1 heterocycles. The molecule has 0 saturated carbocycles. The number of nitrogens with zero attached hydrogens (tertiary/aromatic N) is 2. The van der Waals surface area contributed by atoms with E-state index in [9.17, 15) is 22.8 Å². The van der Waals surface area contributed by atoms with Gasteiger partial charge in [-0.2, -0.15) is 9.78 Å². The van der Waals surface area contributed by atoms with Crippen molar-refractivity contribution in [2.45, 2.75) is 31.1 Å². The second-order valence-corrected chi connectivity index (χ2v) is 9.65. The van der Waals surface area contributed by atoms with Gasteiger partial charge in [0, 0.05) is 17.7 Å². The fourth-order valence-corrected chi connectivity index (χ4v) is 4.14. The first-order valence-electron chi connectivity index (χ1n) is 10.1. The Bertz CT molecular complexity index is 1370. The summed E-state index contributed by atoms with van der Waals surface area (Å²) in [7, 11) is -3.99. The Kier molecular flexibility index (Phi) is 8.08. The highest BCUT2D eigenvalue weighted by molar-refractivity contribution is 7.90. The van der Waals surface area contributed by atoms with Crippen molar-refractivity contribution in [3.8, 4) is 5.69 Å². The van der Waals surface area contributed by atoms with Crippen LogP contribution in [0.1, 0.15) is 36.5 Å². The summed E-state index contributed by atoms with van der Waals surface area (Å²) < 4.78 is 27.7. The molecule has 9 nitrogen and oxygen atoms in total. The van der Waals surface area contributed by atoms with Gasteiger partial charge in [0.25, 0.3) is 21.5 Å². The monoisotopic (exact) mass is 522 g/mol. The number of nitrogens with one attached hydrogen (secondary N) is 2. The fraction of sp³-hybridized carbons (Fsp3) is 0.182. The highest BCUT2D eigenvalue weighted by Gasteiger charge is 2.17. The quantitative estimate of drug-likeness (QED) is 0.463. The van der Waals surface area contributed by atoms with Crippen LogP contribution in [0.3, 0.4) is 0 Å². The van der Waals surface area contributed by atoms with Crippen LogP contribution in [0.15, 0.2) is 64.4 Å². The maximum absolute atomic E-state index is 12.5. The molecule has 34 heavy (non-hydrogen) atoms. The lowest BCUT2D eigenvalue weighted by molar-refractivity contribution is -0.119. The molecule has 0 saturated heterocycles. The minimum Gasteiger partial charge on any atom is -0.322 e. The lowest BCUT2D eigenvalue weighted by Crippen LogP contribution is -2.30. The van der Waals surface area contributed by atoms with E-state index in [2.05, 4.69) is 10.4 Å². The van der Waals surface area contributed by atoms with Crippen molar-refractivity contribution in [1.82, 2.24) is 14.5 Å². The van der Waals surface area contributed by atoms with Crippen LogP contribution >= 0.6 is 23.2 Å². The third-order valence-electron chi connectivity index (χ3n) is 4.68. The molecule has 2 amide bonds. The molecule has 0 radical (unpaired) electrons. The molecule has 0 atom stereocenters. The van der Waals surface area contributed by atoms with Gasteiger partial charge in [-0.25, -0.2) is 13.1 Å². The summed E-state index contributed by atoms with van der Waals surface area (Å²) >= 11 is 11.6. The number of hydrogen-bond acceptors (Lipinski definition) is 6. The third-order valence-corrected chi connectivity index (χ3v) is 6.82. The van der Waals surface area contributed by atoms with Gasteiger partial charge in [-0.3, -0.25) is 14.4 Å². The number of benzene rings is 2. The Balaban J connectivity index is 1.69. The molecule has 1 aromatic heterocycles. The van der Waals surface area contributed by atoms with Crippen molar-refractivity contribution >= 4 is 50.7 Å². The van der Waals surface area contributed by atoms with Crippen LogP contribution in [-0.4, -0.2) is 30.0 Å². The zero-order valence-electron chi connectivity index (χ0n) is 17.9. The van der Waals surface area contributed by atoms with Crippen molar-refractivity contribution in [2.75, 3.05) is 5.32 Å². The molecule has 2 N–H and O–H groups in total. The summed E-state index contributed by atoms with van der Waals surface area (Å²) in [6.07, 6.45) is 2.73. The Hall–Kier alpha value is -3.21. The van der Waals surface area contributed by atoms with Crippen molar-refractivity contribution in [2.24, 2.45) is 0 Å². The second kappa shape index (κ2) is 10.8. The Morgan fingerprint density at radius 3 is 2.29 bits per heavy atom. The Morgan fingerprint density at radius 2 is 1.68 bits per heavy atom. The predicted molar refractivity (Wildman–Crippen MR) is 129 cm³/mol. The number of halogens is 2. The summed E-state index contributed by atoms with van der Waals surface area (Å²) in [5.74, 6) is -1.02. The zero-order valence-corrected chi connectivity index (χ0v) is 20.2. The number of hydrogen-bond donors (Lipinski definition) is 2. The van der Waals surface area contributed by atoms with E-state index in [1.165, 1.54) is 54.7 Å². The van der Waals surface area contributed by atoms with Gasteiger partial charge in [-0.1, -0.05) is 36.5 Å². The average molecular weight is 523 g/mol. The maximum Gasteiger partial charge on any atom is 0.291 e. The molecule has 0 fully saturated rings. The normalized spacial score (nSPS) is 11.1. The molecule has 0 spiro atoms. The molecule has 12 heteroatoms. The third kappa shape index (κ3) is 6.02. The standard InChI is InChI=1S/C22H20Cl2N4O5S/c1-2-3-4-19(29)27-34(32,33)17-11-7-15(8-12-17)26-21(30)14-5-9-16(10-6-14)28-22(31)20(24)18(23)13-25-28/h5-13H,2-4H2,1H3,(H,26,30)(H,27,29). The van der Waals surface area contributed by atoms with Crippen molar-refractivity contribution in [1.29, 1.82) is 0 Å². The van der Waals surface area contributed by atoms with Crippen LogP contribution in [0, 0.1) is 0 Å². The zero-order chi connectivity index (χ0) is 24.9. The molecule has 2 aromatic carbocycles. The van der Waals surface area contributed by atoms with Gasteiger partial charge < -0.3 is 5.32 Å². The number of amides is 2. The molecule has 0 aliphatic carbocycles. The van der Waals surface area contributed by atoms with Gasteiger partial charge in [-0.15, -0.1) is 0 Å². The second-order valence-electron chi connectivity index (χ2n) is 7.18. The number of carbonyl (C=O) groups is 2. The number of aromatic nitrogens is 2. The first kappa shape index (κ1) is 25.4. The minimum atomic E-state index is -3.99. The van der Waals surface area contributed by atoms with Gasteiger partial charge in [0.2, 0.25) is 5.91 Å². The Labute approximate surface area is 205 Å². The average Bonchev–Trinajstić information content (AvgIpc) is 2.81. The fourth-order valence-electron chi connectivity index (χ4n) is 2.87. The minimum absolute atomic E-state index is 0.0385. The number of carbonyl (C=O) groups excluding carboxylic acids is 2. The van der Waals surface area contributed by atoms with E-state index in [4.69, 9.17) is 23.2 Å². The summed E-state index contributed by atoms with van der Waals surface area (Å²) in [6.45, 7) is 1.90. The maximum atomic E-state index is 12.5. The van der Waals surface area contributed by atoms with Crippen LogP contribution in [0.5, 0.6) is 0 Å². The van der Waals surface area contributed by atoms with E-state index in [0.29, 0.717) is 17.8 Å². The Morgan fingerprint density at radius 1 is 1.03 bits per heavy atom. The van der Waals surface area contributed by atoms with Crippen LogP contribution in [0.4, 0.5) is 5.69 Å². The van der Waals surface area contributed by atoms with Crippen LogP contribution < -0.4 is 15.6 Å². The van der Waals surface area contributed by atoms with Crippen LogP contribution in [0.25, 0.3) is 5.69 Å². The lowest BCUT2D eigenvalue weighted by atomic mass is 10.2. The molecule has 3 aromatic rings. The first-order chi connectivity index (χ1) is 16.1. The lowest BCUT2D eigenvalue weighted by Gasteiger charge is -2.09. The van der Waals surface area contributed by atoms with Gasteiger partial charge in [0.1, 0.15) is 5.02 Å². The predicted octanol–water partition coefficient (Wildman–Crippen LogP) is 3.79. The summed E-state index contributed by atoms with van der Waals surface area (Å²) in [5, 5.41) is 6.45. The highest BCUT2D eigenvalue weighted by Crippen LogP contribution is 2.18. The number of unbranched alkanes of at least 4 members (excludes halogenated alkanes) is 1. The van der Waals surface area contributed by atoms with E-state index in [1.807, 2.05) is 11.6 Å². The molecular weight excluding hydrogens is 503 g/mol. The van der Waals surface area contributed by atoms with Crippen LogP contribution in [0.2, 0.25) is 10.0 Å². The SMILES string of the molecule is CCCCC(=O)NS(=O)(=O)c1ccc(NC(=O)c2ccc(-n3ncc(Cl)c(Cl)c3=O)cc2)cc1. The molecule has 0 aliphatic rings. The van der Waals surface area contributed by atoms with E-state index in [-0.39, 0.29) is 26.9 Å². The van der Waals surface area contributed by atoms with Crippen molar-refractivity contribution in [3.63, 3.8) is 0 Å². The van der Waals surface area contributed by atoms with E-state index >= 15 is 0 Å². The topological polar surface area (TPSA) is 127 Å². The molecule has 0 aliphatic heterocycles. The summed E-state index contributed by atoms with van der Waals surface area (Å²) in [5.41, 5.74) is 0.433. The van der Waals surface area contributed by atoms with E-state index < -0.39 is 27.4 Å². The summed E-state index contributed by atoms with van der Waals surface area (Å²) in [4.78, 5) is 36.4. The van der Waals surface area contributed by atoms with E-state index in [1.54, 1.807) is 0 Å². The highest BCUT2D eigenvalue weighted by atomic mass is 35.5. The van der Waals surface area contributed by atoms with Crippen LogP contribution in [-0.2, 0) is 14.8 Å². The summed E-state index contributed by atoms with van der Waals surface area (Å²) in [6, 6.07) is 11.4. The smallest absolute Gasteiger partial charge is 0.291 e. The molecule has 0 bridgehead atoms. The molecule has 3 rings (SSSR count). The number of rotatable bonds is 8. The molecular formula is C22H20Cl2N4O5S. The van der Waals surface area contributed by atoms with Gasteiger partial charge in [0.15, 0.2) is 0 Å². The largest absolute Gasteiger partial charge is 0.322 e. The van der Waals surface area contributed by atoms with Gasteiger partial charge >= 0.3 is 0 Å². The number of sulfonamides is 1. The number of anilines is 1. The van der Waals surface area contributed by atoms with E-state index in [0.717, 1.165) is 11.1 Å². The van der Waals surface area contributed by atoms with Crippen molar-refractivity contribution < 1.29 is 18.0 Å². The molecule has 178 valence electrons. The van der Waals surface area contributed by atoms with Gasteiger partial charge in [-0.05, 0) is 55.0 Å².